The minimum Gasteiger partial charge on any atom is -0.748 e. The maximum absolute atomic E-state index is 13.1. The Morgan fingerprint density at radius 1 is 0.618 bits per heavy atom. The van der Waals surface area contributed by atoms with E-state index in [1.165, 1.54) is 30.7 Å². The standard InChI is InChI=1S/C8H5F13O3S.C8H20N/c1-2(25(22,23)24)3(9,10)4(11,12)5(13,14)6(15,16)7(17,18)8(19,20)21;1-5-9(6-2,7-3)8-4/h2H,1H3,(H,22,23,24);5-8H2,1-4H3/q;+1/p-1. The van der Waals surface area contributed by atoms with Crippen LogP contribution in [0.1, 0.15) is 34.6 Å². The Morgan fingerprint density at radius 2 is 0.882 bits per heavy atom. The van der Waals surface area contributed by atoms with Gasteiger partial charge in [0.15, 0.2) is 0 Å². The second-order valence-corrected chi connectivity index (χ2v) is 8.85. The van der Waals surface area contributed by atoms with Gasteiger partial charge in [0, 0.05) is 0 Å². The van der Waals surface area contributed by atoms with Crippen molar-refractivity contribution < 1.29 is 74.5 Å². The third kappa shape index (κ3) is 6.02. The maximum atomic E-state index is 13.1. The summed E-state index contributed by atoms with van der Waals surface area (Å²) in [6.45, 7) is 13.6. The summed E-state index contributed by atoms with van der Waals surface area (Å²) in [6.07, 6.45) is -7.57. The molecule has 208 valence electrons. The van der Waals surface area contributed by atoms with Crippen molar-refractivity contribution >= 4 is 10.1 Å². The molecule has 34 heavy (non-hydrogen) atoms. The maximum Gasteiger partial charge on any atom is 0.460 e. The van der Waals surface area contributed by atoms with Crippen LogP contribution >= 0.6 is 0 Å². The molecule has 1 atom stereocenters. The number of rotatable bonds is 10. The highest BCUT2D eigenvalue weighted by molar-refractivity contribution is 7.86. The summed E-state index contributed by atoms with van der Waals surface area (Å²) in [5.41, 5.74) is 0. The smallest absolute Gasteiger partial charge is 0.460 e. The van der Waals surface area contributed by atoms with Crippen LogP contribution in [0.25, 0.3) is 0 Å². The first-order valence-corrected chi connectivity index (χ1v) is 10.9. The van der Waals surface area contributed by atoms with Crippen molar-refractivity contribution in [2.24, 2.45) is 0 Å². The molecule has 0 saturated carbocycles. The van der Waals surface area contributed by atoms with Gasteiger partial charge in [0.2, 0.25) is 0 Å². The summed E-state index contributed by atoms with van der Waals surface area (Å²) in [7, 11) is -6.58. The molecule has 0 radical (unpaired) electrons. The fourth-order valence-corrected chi connectivity index (χ4v) is 3.07. The Hall–Kier alpha value is -1.04. The Kier molecular flexibility index (Phi) is 10.9. The third-order valence-corrected chi connectivity index (χ3v) is 6.75. The van der Waals surface area contributed by atoms with Gasteiger partial charge >= 0.3 is 35.8 Å². The van der Waals surface area contributed by atoms with Gasteiger partial charge < -0.3 is 9.04 Å². The molecule has 18 heteroatoms. The molecule has 0 aromatic heterocycles. The largest absolute Gasteiger partial charge is 0.748 e. The van der Waals surface area contributed by atoms with E-state index in [1.54, 1.807) is 0 Å². The first kappa shape index (κ1) is 35.1. The van der Waals surface area contributed by atoms with E-state index in [0.29, 0.717) is 0 Å². The average Bonchev–Trinajstić information content (AvgIpc) is 2.67. The predicted molar refractivity (Wildman–Crippen MR) is 92.4 cm³/mol. The molecule has 0 rings (SSSR count). The van der Waals surface area contributed by atoms with E-state index in [-0.39, 0.29) is 0 Å². The lowest BCUT2D eigenvalue weighted by molar-refractivity contribution is -0.921. The highest BCUT2D eigenvalue weighted by Crippen LogP contribution is 2.60. The van der Waals surface area contributed by atoms with Crippen molar-refractivity contribution in [1.82, 2.24) is 0 Å². The summed E-state index contributed by atoms with van der Waals surface area (Å²) < 4.78 is 196. The van der Waals surface area contributed by atoms with E-state index >= 15 is 0 Å². The van der Waals surface area contributed by atoms with E-state index in [4.69, 9.17) is 0 Å². The van der Waals surface area contributed by atoms with E-state index in [9.17, 15) is 70.0 Å². The summed E-state index contributed by atoms with van der Waals surface area (Å²) in [5.74, 6) is -38.9. The second-order valence-electron chi connectivity index (χ2n) is 7.16. The Bertz CT molecular complexity index is 745. The number of alkyl halides is 13. The van der Waals surface area contributed by atoms with Crippen molar-refractivity contribution in [3.63, 3.8) is 0 Å². The van der Waals surface area contributed by atoms with Crippen LogP contribution in [0.4, 0.5) is 57.1 Å². The first-order chi connectivity index (χ1) is 14.6. The Labute approximate surface area is 187 Å². The van der Waals surface area contributed by atoms with Gasteiger partial charge in [-0.25, -0.2) is 8.42 Å². The summed E-state index contributed by atoms with van der Waals surface area (Å²) in [5, 5.41) is -4.38. The number of halogens is 13. The molecule has 0 fully saturated rings. The van der Waals surface area contributed by atoms with E-state index in [2.05, 4.69) is 27.7 Å². The second kappa shape index (κ2) is 10.5. The molecule has 0 saturated heterocycles. The van der Waals surface area contributed by atoms with Gasteiger partial charge in [0.05, 0.1) is 26.2 Å². The van der Waals surface area contributed by atoms with E-state index < -0.39 is 58.1 Å². The molecule has 1 unspecified atom stereocenters. The van der Waals surface area contributed by atoms with Gasteiger partial charge in [-0.05, 0) is 34.6 Å². The van der Waals surface area contributed by atoms with Crippen molar-refractivity contribution in [2.75, 3.05) is 26.2 Å². The summed E-state index contributed by atoms with van der Waals surface area (Å²) in [4.78, 5) is 0. The first-order valence-electron chi connectivity index (χ1n) is 9.40. The van der Waals surface area contributed by atoms with Crippen LogP contribution in [0.15, 0.2) is 0 Å². The summed E-state index contributed by atoms with van der Waals surface area (Å²) >= 11 is 0. The van der Waals surface area contributed by atoms with Crippen LogP contribution in [0, 0.1) is 0 Å². The van der Waals surface area contributed by atoms with Crippen molar-refractivity contribution in [3.8, 4) is 0 Å². The molecular formula is C16H24F13NO3S. The molecule has 0 bridgehead atoms. The highest BCUT2D eigenvalue weighted by Gasteiger charge is 2.91. The lowest BCUT2D eigenvalue weighted by Crippen LogP contribution is -2.71. The van der Waals surface area contributed by atoms with Gasteiger partial charge in [-0.3, -0.25) is 0 Å². The van der Waals surface area contributed by atoms with Crippen molar-refractivity contribution in [2.45, 2.75) is 75.7 Å². The zero-order valence-corrected chi connectivity index (χ0v) is 19.2. The Morgan fingerprint density at radius 3 is 1.06 bits per heavy atom. The molecule has 0 aliphatic heterocycles. The van der Waals surface area contributed by atoms with Crippen LogP contribution in [-0.2, 0) is 10.1 Å². The Balaban J connectivity index is 0. The molecule has 0 aromatic carbocycles. The zero-order chi connectivity index (χ0) is 28.4. The van der Waals surface area contributed by atoms with E-state index in [1.807, 2.05) is 0 Å². The summed E-state index contributed by atoms with van der Waals surface area (Å²) in [6, 6.07) is 0. The van der Waals surface area contributed by atoms with Crippen LogP contribution in [-0.4, -0.2) is 84.7 Å². The fraction of sp³-hybridized carbons (Fsp3) is 1.00. The van der Waals surface area contributed by atoms with Gasteiger partial charge in [-0.15, -0.1) is 0 Å². The van der Waals surface area contributed by atoms with Crippen LogP contribution in [0.2, 0.25) is 0 Å². The topological polar surface area (TPSA) is 57.2 Å². The quantitative estimate of drug-likeness (QED) is 0.201. The third-order valence-electron chi connectivity index (χ3n) is 5.58. The minimum atomic E-state index is -8.14. The average molecular weight is 557 g/mol. The predicted octanol–water partition coefficient (Wildman–Crippen LogP) is 5.54. The lowest BCUT2D eigenvalue weighted by Gasteiger charge is -2.41. The van der Waals surface area contributed by atoms with Gasteiger partial charge in [0.25, 0.3) is 0 Å². The molecule has 0 amide bonds. The van der Waals surface area contributed by atoms with Crippen LogP contribution in [0.5, 0.6) is 0 Å². The molecule has 0 aromatic rings. The van der Waals surface area contributed by atoms with Crippen molar-refractivity contribution in [1.29, 1.82) is 0 Å². The molecule has 0 heterocycles. The van der Waals surface area contributed by atoms with Gasteiger partial charge in [0.1, 0.15) is 15.4 Å². The van der Waals surface area contributed by atoms with Crippen LogP contribution in [0.3, 0.4) is 0 Å². The molecule has 0 aliphatic rings. The molecule has 0 N–H and O–H groups in total. The van der Waals surface area contributed by atoms with Gasteiger partial charge in [-0.2, -0.15) is 57.1 Å². The SMILES string of the molecule is CC(C(F)(F)C(F)(F)C(F)(F)C(F)(F)C(F)(F)C(F)(F)F)S(=O)(=O)[O-].CC[N+](CC)(CC)CC. The molecule has 4 nitrogen and oxygen atoms in total. The number of hydrogen-bond donors (Lipinski definition) is 0. The lowest BCUT2D eigenvalue weighted by atomic mass is 9.93. The van der Waals surface area contributed by atoms with Gasteiger partial charge in [-0.1, -0.05) is 0 Å². The monoisotopic (exact) mass is 557 g/mol. The minimum absolute atomic E-state index is 0.660. The number of nitrogens with zero attached hydrogens (tertiary/aromatic N) is 1. The molecular weight excluding hydrogens is 533 g/mol. The molecule has 0 aliphatic carbocycles. The van der Waals surface area contributed by atoms with Crippen LogP contribution < -0.4 is 0 Å². The highest BCUT2D eigenvalue weighted by atomic mass is 32.2. The normalized spacial score (nSPS) is 16.1. The van der Waals surface area contributed by atoms with E-state index in [0.717, 1.165) is 0 Å². The molecule has 0 spiro atoms. The fourth-order valence-electron chi connectivity index (χ4n) is 2.56. The van der Waals surface area contributed by atoms with Crippen molar-refractivity contribution in [3.05, 3.63) is 0 Å². The number of hydrogen-bond acceptors (Lipinski definition) is 3. The number of quaternary nitrogens is 1. The zero-order valence-electron chi connectivity index (χ0n) is 18.4.